The normalized spacial score (nSPS) is 11.3. The Labute approximate surface area is 119 Å². The molecule has 7 heteroatoms. The summed E-state index contributed by atoms with van der Waals surface area (Å²) in [7, 11) is -3.43. The highest BCUT2D eigenvalue weighted by atomic mass is 32.2. The van der Waals surface area contributed by atoms with Gasteiger partial charge in [-0.05, 0) is 24.1 Å². The lowest BCUT2D eigenvalue weighted by Crippen LogP contribution is -2.26. The van der Waals surface area contributed by atoms with Crippen molar-refractivity contribution in [1.82, 2.24) is 10.0 Å². The van der Waals surface area contributed by atoms with E-state index in [2.05, 4.69) is 10.0 Å². The molecule has 6 nitrogen and oxygen atoms in total. The van der Waals surface area contributed by atoms with Crippen LogP contribution in [0.15, 0.2) is 29.2 Å². The number of benzene rings is 1. The largest absolute Gasteiger partial charge is 0.395 e. The molecule has 0 fully saturated rings. The molecule has 0 spiro atoms. The van der Waals surface area contributed by atoms with E-state index in [-0.39, 0.29) is 24.0 Å². The van der Waals surface area contributed by atoms with Crippen LogP contribution in [0.2, 0.25) is 0 Å². The van der Waals surface area contributed by atoms with E-state index < -0.39 is 10.0 Å². The van der Waals surface area contributed by atoms with Crippen molar-refractivity contribution in [3.8, 4) is 0 Å². The standard InChI is InChI=1S/C13H20N2O4S/c1-2-15-20(18,19)12-6-3-11(4-7-12)5-8-13(17)14-9-10-16/h3-4,6-7,15-16H,2,5,8-10H2,1H3,(H,14,17). The fraction of sp³-hybridized carbons (Fsp3) is 0.462. The van der Waals surface area contributed by atoms with Crippen molar-refractivity contribution >= 4 is 15.9 Å². The molecule has 0 heterocycles. The minimum absolute atomic E-state index is 0.0806. The Kier molecular flexibility index (Phi) is 6.63. The predicted octanol–water partition coefficient (Wildman–Crippen LogP) is 0.0259. The maximum Gasteiger partial charge on any atom is 0.240 e. The molecule has 1 amide bonds. The molecular weight excluding hydrogens is 280 g/mol. The first-order chi connectivity index (χ1) is 9.49. The maximum atomic E-state index is 11.7. The quantitative estimate of drug-likeness (QED) is 0.631. The van der Waals surface area contributed by atoms with Crippen molar-refractivity contribution in [1.29, 1.82) is 0 Å². The Morgan fingerprint density at radius 1 is 1.25 bits per heavy atom. The minimum Gasteiger partial charge on any atom is -0.395 e. The molecule has 0 unspecified atom stereocenters. The van der Waals surface area contributed by atoms with Gasteiger partial charge in [0.25, 0.3) is 0 Å². The van der Waals surface area contributed by atoms with E-state index in [0.717, 1.165) is 5.56 Å². The van der Waals surface area contributed by atoms with Crippen molar-refractivity contribution < 1.29 is 18.3 Å². The summed E-state index contributed by atoms with van der Waals surface area (Å²) < 4.78 is 25.9. The van der Waals surface area contributed by atoms with Crippen LogP contribution >= 0.6 is 0 Å². The number of nitrogens with one attached hydrogen (secondary N) is 2. The smallest absolute Gasteiger partial charge is 0.240 e. The first-order valence-electron chi connectivity index (χ1n) is 6.45. The average Bonchev–Trinajstić information content (AvgIpc) is 2.43. The van der Waals surface area contributed by atoms with Crippen LogP contribution in [-0.4, -0.2) is 39.1 Å². The molecule has 1 rings (SSSR count). The van der Waals surface area contributed by atoms with Crippen molar-refractivity contribution in [2.45, 2.75) is 24.7 Å². The molecule has 0 radical (unpaired) electrons. The Balaban J connectivity index is 2.57. The van der Waals surface area contributed by atoms with Gasteiger partial charge < -0.3 is 10.4 Å². The summed E-state index contributed by atoms with van der Waals surface area (Å²) in [6, 6.07) is 6.45. The molecule has 20 heavy (non-hydrogen) atoms. The van der Waals surface area contributed by atoms with Crippen molar-refractivity contribution in [2.24, 2.45) is 0 Å². The van der Waals surface area contributed by atoms with E-state index >= 15 is 0 Å². The molecule has 0 aliphatic rings. The minimum atomic E-state index is -3.43. The number of aliphatic hydroxyl groups is 1. The fourth-order valence-corrected chi connectivity index (χ4v) is 2.69. The van der Waals surface area contributed by atoms with Gasteiger partial charge in [0.05, 0.1) is 11.5 Å². The molecule has 3 N–H and O–H groups in total. The van der Waals surface area contributed by atoms with Crippen LogP contribution in [0.4, 0.5) is 0 Å². The monoisotopic (exact) mass is 300 g/mol. The lowest BCUT2D eigenvalue weighted by Gasteiger charge is -2.06. The molecule has 1 aromatic carbocycles. The number of hydrogen-bond donors (Lipinski definition) is 3. The lowest BCUT2D eigenvalue weighted by atomic mass is 10.1. The van der Waals surface area contributed by atoms with Gasteiger partial charge >= 0.3 is 0 Å². The van der Waals surface area contributed by atoms with Crippen molar-refractivity contribution in [3.63, 3.8) is 0 Å². The number of carbonyl (C=O) groups is 1. The second-order valence-electron chi connectivity index (χ2n) is 4.22. The van der Waals surface area contributed by atoms with Crippen molar-refractivity contribution in [3.05, 3.63) is 29.8 Å². The van der Waals surface area contributed by atoms with Gasteiger partial charge in [0.15, 0.2) is 0 Å². The second kappa shape index (κ2) is 7.98. The molecule has 0 bridgehead atoms. The first-order valence-corrected chi connectivity index (χ1v) is 7.94. The zero-order valence-electron chi connectivity index (χ0n) is 11.4. The van der Waals surface area contributed by atoms with Crippen LogP contribution in [0, 0.1) is 0 Å². The van der Waals surface area contributed by atoms with Crippen LogP contribution in [0.3, 0.4) is 0 Å². The average molecular weight is 300 g/mol. The third-order valence-corrected chi connectivity index (χ3v) is 4.20. The third-order valence-electron chi connectivity index (χ3n) is 2.64. The number of amides is 1. The highest BCUT2D eigenvalue weighted by molar-refractivity contribution is 7.89. The van der Waals surface area contributed by atoms with Crippen LogP contribution < -0.4 is 10.0 Å². The Morgan fingerprint density at radius 3 is 2.45 bits per heavy atom. The van der Waals surface area contributed by atoms with Gasteiger partial charge in [0, 0.05) is 19.5 Å². The van der Waals surface area contributed by atoms with Gasteiger partial charge in [-0.15, -0.1) is 0 Å². The number of aliphatic hydroxyl groups excluding tert-OH is 1. The SMILES string of the molecule is CCNS(=O)(=O)c1ccc(CCC(=O)NCCO)cc1. The molecule has 0 aliphatic heterocycles. The number of sulfonamides is 1. The molecule has 0 saturated carbocycles. The third kappa shape index (κ3) is 5.28. The van der Waals surface area contributed by atoms with E-state index in [1.54, 1.807) is 19.1 Å². The van der Waals surface area contributed by atoms with E-state index in [1.165, 1.54) is 12.1 Å². The summed E-state index contributed by atoms with van der Waals surface area (Å²) in [6.07, 6.45) is 0.831. The summed E-state index contributed by atoms with van der Waals surface area (Å²) in [6.45, 7) is 2.23. The molecule has 0 aliphatic carbocycles. The second-order valence-corrected chi connectivity index (χ2v) is 5.99. The highest BCUT2D eigenvalue weighted by Crippen LogP contribution is 2.11. The number of aryl methyl sites for hydroxylation is 1. The molecule has 0 aromatic heterocycles. The van der Waals surface area contributed by atoms with Gasteiger partial charge in [-0.25, -0.2) is 13.1 Å². The van der Waals surface area contributed by atoms with Gasteiger partial charge in [-0.2, -0.15) is 0 Å². The summed E-state index contributed by atoms with van der Waals surface area (Å²) in [4.78, 5) is 11.6. The van der Waals surface area contributed by atoms with Crippen molar-refractivity contribution in [2.75, 3.05) is 19.7 Å². The van der Waals surface area contributed by atoms with E-state index in [4.69, 9.17) is 5.11 Å². The van der Waals surface area contributed by atoms with Crippen LogP contribution in [-0.2, 0) is 21.2 Å². The Morgan fingerprint density at radius 2 is 1.90 bits per heavy atom. The zero-order chi connectivity index (χ0) is 15.0. The summed E-state index contributed by atoms with van der Waals surface area (Å²) in [5, 5.41) is 11.1. The van der Waals surface area contributed by atoms with Gasteiger partial charge in [-0.1, -0.05) is 19.1 Å². The van der Waals surface area contributed by atoms with Crippen LogP contribution in [0.25, 0.3) is 0 Å². The summed E-state index contributed by atoms with van der Waals surface area (Å²) in [5.41, 5.74) is 0.889. The zero-order valence-corrected chi connectivity index (χ0v) is 12.2. The highest BCUT2D eigenvalue weighted by Gasteiger charge is 2.11. The summed E-state index contributed by atoms with van der Waals surface area (Å²) >= 11 is 0. The number of hydrogen-bond acceptors (Lipinski definition) is 4. The molecule has 0 saturated heterocycles. The van der Waals surface area contributed by atoms with Gasteiger partial charge in [0.2, 0.25) is 15.9 Å². The summed E-state index contributed by atoms with van der Waals surface area (Å²) in [5.74, 6) is -0.136. The molecule has 0 atom stereocenters. The van der Waals surface area contributed by atoms with E-state index in [9.17, 15) is 13.2 Å². The topological polar surface area (TPSA) is 95.5 Å². The van der Waals surface area contributed by atoms with E-state index in [0.29, 0.717) is 19.4 Å². The molecule has 1 aromatic rings. The van der Waals surface area contributed by atoms with Crippen LogP contribution in [0.1, 0.15) is 18.9 Å². The first kappa shape index (κ1) is 16.6. The fourth-order valence-electron chi connectivity index (χ4n) is 1.65. The predicted molar refractivity (Wildman–Crippen MR) is 75.7 cm³/mol. The molecule has 112 valence electrons. The maximum absolute atomic E-state index is 11.7. The van der Waals surface area contributed by atoms with Gasteiger partial charge in [0.1, 0.15) is 0 Å². The number of carbonyl (C=O) groups excluding carboxylic acids is 1. The Hall–Kier alpha value is -1.44. The Bertz CT molecular complexity index is 526. The lowest BCUT2D eigenvalue weighted by molar-refractivity contribution is -0.121. The molecular formula is C13H20N2O4S. The van der Waals surface area contributed by atoms with E-state index in [1.807, 2.05) is 0 Å². The van der Waals surface area contributed by atoms with Crippen LogP contribution in [0.5, 0.6) is 0 Å². The number of rotatable bonds is 8. The van der Waals surface area contributed by atoms with Gasteiger partial charge in [-0.3, -0.25) is 4.79 Å².